The van der Waals surface area contributed by atoms with Crippen LogP contribution in [0, 0.1) is 0 Å². The second-order valence-electron chi connectivity index (χ2n) is 2.11. The summed E-state index contributed by atoms with van der Waals surface area (Å²) in [6.45, 7) is 0. The highest BCUT2D eigenvalue weighted by molar-refractivity contribution is 6.01. The van der Waals surface area contributed by atoms with Gasteiger partial charge in [0.25, 0.3) is 5.91 Å². The van der Waals surface area contributed by atoms with E-state index in [9.17, 15) is 9.59 Å². The van der Waals surface area contributed by atoms with Crippen molar-refractivity contribution in [3.05, 3.63) is 23.8 Å². The van der Waals surface area contributed by atoms with Gasteiger partial charge in [-0.15, -0.1) is 0 Å². The predicted molar refractivity (Wildman–Crippen MR) is 41.9 cm³/mol. The average Bonchev–Trinajstić information content (AvgIpc) is 2.16. The number of nitrogens with two attached hydrogens (primary N) is 1. The van der Waals surface area contributed by atoms with Gasteiger partial charge in [-0.05, 0) is 0 Å². The maximum atomic E-state index is 11.0. The van der Waals surface area contributed by atoms with Crippen molar-refractivity contribution in [2.45, 2.75) is 0 Å². The predicted octanol–water partition coefficient (Wildman–Crippen LogP) is -0.638. The molecule has 68 valence electrons. The van der Waals surface area contributed by atoms with E-state index in [1.807, 2.05) is 0 Å². The first kappa shape index (κ1) is 9.11. The third-order valence-electron chi connectivity index (χ3n) is 1.31. The first-order chi connectivity index (χ1) is 6.16. The Labute approximate surface area is 73.7 Å². The van der Waals surface area contributed by atoms with Gasteiger partial charge in [0.1, 0.15) is 0 Å². The second-order valence-corrected chi connectivity index (χ2v) is 2.11. The van der Waals surface area contributed by atoms with Crippen molar-refractivity contribution in [1.29, 1.82) is 0 Å². The summed E-state index contributed by atoms with van der Waals surface area (Å²) in [6.07, 6.45) is 2.55. The molecule has 0 aliphatic carbocycles. The molecule has 0 unspecified atom stereocenters. The molecule has 1 amide bonds. The summed E-state index contributed by atoms with van der Waals surface area (Å²) in [7, 11) is 1.18. The first-order valence-electron chi connectivity index (χ1n) is 3.36. The average molecular weight is 181 g/mol. The van der Waals surface area contributed by atoms with Gasteiger partial charge in [-0.25, -0.2) is 14.8 Å². The van der Waals surface area contributed by atoms with Gasteiger partial charge in [-0.1, -0.05) is 0 Å². The molecule has 0 radical (unpaired) electrons. The highest BCUT2D eigenvalue weighted by Gasteiger charge is 2.17. The smallest absolute Gasteiger partial charge is 0.359 e. The van der Waals surface area contributed by atoms with Crippen LogP contribution in [0.1, 0.15) is 21.0 Å². The van der Waals surface area contributed by atoms with E-state index in [2.05, 4.69) is 14.7 Å². The number of ether oxygens (including phenoxy) is 1. The number of carbonyl (C=O) groups is 2. The van der Waals surface area contributed by atoms with Gasteiger partial charge in [0.15, 0.2) is 11.4 Å². The number of hydrogen-bond acceptors (Lipinski definition) is 5. The zero-order valence-electron chi connectivity index (χ0n) is 6.85. The molecule has 1 aromatic rings. The summed E-state index contributed by atoms with van der Waals surface area (Å²) >= 11 is 0. The van der Waals surface area contributed by atoms with Crippen LogP contribution in [0.2, 0.25) is 0 Å². The minimum absolute atomic E-state index is 0.169. The van der Waals surface area contributed by atoms with Gasteiger partial charge in [0.2, 0.25) is 0 Å². The number of amides is 1. The van der Waals surface area contributed by atoms with Crippen LogP contribution in [-0.2, 0) is 4.74 Å². The molecule has 0 aliphatic heterocycles. The fourth-order valence-electron chi connectivity index (χ4n) is 0.764. The van der Waals surface area contributed by atoms with E-state index in [4.69, 9.17) is 5.73 Å². The quantitative estimate of drug-likeness (QED) is 0.612. The highest BCUT2D eigenvalue weighted by atomic mass is 16.5. The lowest BCUT2D eigenvalue weighted by Gasteiger charge is -2.00. The lowest BCUT2D eigenvalue weighted by Crippen LogP contribution is -2.20. The van der Waals surface area contributed by atoms with Gasteiger partial charge in [0, 0.05) is 12.4 Å². The van der Waals surface area contributed by atoms with Crippen molar-refractivity contribution in [1.82, 2.24) is 9.97 Å². The van der Waals surface area contributed by atoms with Crippen molar-refractivity contribution in [2.75, 3.05) is 7.11 Å². The van der Waals surface area contributed by atoms with Crippen molar-refractivity contribution in [2.24, 2.45) is 5.73 Å². The standard InChI is InChI=1S/C7H7N3O3/c1-13-7(12)5-4(6(8)11)9-2-3-10-5/h2-3H,1H3,(H2,8,11). The van der Waals surface area contributed by atoms with E-state index in [0.717, 1.165) is 0 Å². The van der Waals surface area contributed by atoms with E-state index in [0.29, 0.717) is 0 Å². The van der Waals surface area contributed by atoms with Crippen molar-refractivity contribution < 1.29 is 14.3 Å². The molecule has 1 aromatic heterocycles. The van der Waals surface area contributed by atoms with E-state index in [1.54, 1.807) is 0 Å². The number of aromatic nitrogens is 2. The van der Waals surface area contributed by atoms with E-state index >= 15 is 0 Å². The molecule has 6 heteroatoms. The molecule has 0 saturated carbocycles. The van der Waals surface area contributed by atoms with Gasteiger partial charge < -0.3 is 10.5 Å². The molecule has 0 bridgehead atoms. The molecule has 0 aliphatic rings. The van der Waals surface area contributed by atoms with Gasteiger partial charge >= 0.3 is 5.97 Å². The Kier molecular flexibility index (Phi) is 2.53. The third-order valence-corrected chi connectivity index (χ3v) is 1.31. The third kappa shape index (κ3) is 1.78. The summed E-state index contributed by atoms with van der Waals surface area (Å²) < 4.78 is 4.38. The SMILES string of the molecule is COC(=O)c1nccnc1C(N)=O. The molecule has 1 heterocycles. The molecular formula is C7H7N3O3. The molecule has 1 rings (SSSR count). The molecule has 13 heavy (non-hydrogen) atoms. The normalized spacial score (nSPS) is 9.31. The van der Waals surface area contributed by atoms with Crippen LogP contribution < -0.4 is 5.73 Å². The molecule has 0 aromatic carbocycles. The summed E-state index contributed by atoms with van der Waals surface area (Å²) in [5.74, 6) is -1.55. The van der Waals surface area contributed by atoms with E-state index in [1.165, 1.54) is 19.5 Å². The van der Waals surface area contributed by atoms with Crippen molar-refractivity contribution in [3.8, 4) is 0 Å². The van der Waals surface area contributed by atoms with Gasteiger partial charge in [-0.2, -0.15) is 0 Å². The lowest BCUT2D eigenvalue weighted by molar-refractivity contribution is 0.0589. The Morgan fingerprint density at radius 2 is 1.85 bits per heavy atom. The van der Waals surface area contributed by atoms with Crippen molar-refractivity contribution in [3.63, 3.8) is 0 Å². The van der Waals surface area contributed by atoms with Crippen LogP contribution in [0.3, 0.4) is 0 Å². The number of esters is 1. The maximum Gasteiger partial charge on any atom is 0.359 e. The molecule has 0 fully saturated rings. The molecular weight excluding hydrogens is 174 g/mol. The van der Waals surface area contributed by atoms with Crippen molar-refractivity contribution >= 4 is 11.9 Å². The fraction of sp³-hybridized carbons (Fsp3) is 0.143. The fourth-order valence-corrected chi connectivity index (χ4v) is 0.764. The topological polar surface area (TPSA) is 95.2 Å². The van der Waals surface area contributed by atoms with Gasteiger partial charge in [0.05, 0.1) is 7.11 Å². The Balaban J connectivity index is 3.19. The number of carbonyl (C=O) groups excluding carboxylic acids is 2. The molecule has 2 N–H and O–H groups in total. The Morgan fingerprint density at radius 1 is 1.31 bits per heavy atom. The first-order valence-corrected chi connectivity index (χ1v) is 3.36. The molecule has 0 saturated heterocycles. The van der Waals surface area contributed by atoms with Crippen LogP contribution in [-0.4, -0.2) is 29.0 Å². The van der Waals surface area contributed by atoms with Crippen LogP contribution in [0.25, 0.3) is 0 Å². The van der Waals surface area contributed by atoms with E-state index in [-0.39, 0.29) is 11.4 Å². The van der Waals surface area contributed by atoms with Crippen LogP contribution >= 0.6 is 0 Å². The van der Waals surface area contributed by atoms with Crippen LogP contribution in [0.5, 0.6) is 0 Å². The number of methoxy groups -OCH3 is 1. The minimum Gasteiger partial charge on any atom is -0.464 e. The zero-order valence-corrected chi connectivity index (χ0v) is 6.85. The van der Waals surface area contributed by atoms with E-state index < -0.39 is 11.9 Å². The van der Waals surface area contributed by atoms with Gasteiger partial charge in [-0.3, -0.25) is 4.79 Å². The molecule has 0 atom stereocenters. The Bertz CT molecular complexity index is 351. The minimum atomic E-state index is -0.812. The zero-order chi connectivity index (χ0) is 9.84. The maximum absolute atomic E-state index is 11.0. The number of rotatable bonds is 2. The summed E-state index contributed by atoms with van der Waals surface area (Å²) in [6, 6.07) is 0. The largest absolute Gasteiger partial charge is 0.464 e. The van der Waals surface area contributed by atoms with Crippen LogP contribution in [0.15, 0.2) is 12.4 Å². The highest BCUT2D eigenvalue weighted by Crippen LogP contribution is 2.01. The second kappa shape index (κ2) is 3.61. The van der Waals surface area contributed by atoms with Crippen LogP contribution in [0.4, 0.5) is 0 Å². The summed E-state index contributed by atoms with van der Waals surface area (Å²) in [4.78, 5) is 29.0. The lowest BCUT2D eigenvalue weighted by atomic mass is 10.3. The number of primary amides is 1. The number of nitrogens with zero attached hydrogens (tertiary/aromatic N) is 2. The molecule has 6 nitrogen and oxygen atoms in total. The monoisotopic (exact) mass is 181 g/mol. The summed E-state index contributed by atoms with van der Waals surface area (Å²) in [5.41, 5.74) is 4.60. The summed E-state index contributed by atoms with van der Waals surface area (Å²) in [5, 5.41) is 0. The number of hydrogen-bond donors (Lipinski definition) is 1. The Hall–Kier alpha value is -1.98. The Morgan fingerprint density at radius 3 is 2.31 bits per heavy atom. The molecule has 0 spiro atoms.